The SMILES string of the molecule is Cc1cc(Cl)cc(SCC(=O)[O-])c1N.[Na+]. The molecular formula is C9H9ClNNaO2S. The van der Waals surface area contributed by atoms with Crippen LogP contribution in [0.4, 0.5) is 5.69 Å². The number of aryl methyl sites for hydroxylation is 1. The fourth-order valence-corrected chi connectivity index (χ4v) is 2.12. The van der Waals surface area contributed by atoms with Crippen LogP contribution in [0.1, 0.15) is 5.56 Å². The number of aliphatic carboxylic acids is 1. The first kappa shape index (κ1) is 15.1. The standard InChI is InChI=1S/C9H10ClNO2S.Na/c1-5-2-6(10)3-7(9(5)11)14-4-8(12)13;/h2-3H,4,11H2,1H3,(H,12,13);/q;+1/p-1. The van der Waals surface area contributed by atoms with Crippen molar-refractivity contribution in [3.63, 3.8) is 0 Å². The van der Waals surface area contributed by atoms with Crippen LogP contribution in [-0.4, -0.2) is 11.7 Å². The predicted molar refractivity (Wildman–Crippen MR) is 56.3 cm³/mol. The summed E-state index contributed by atoms with van der Waals surface area (Å²) in [6.07, 6.45) is 0. The van der Waals surface area contributed by atoms with Crippen LogP contribution in [0, 0.1) is 6.92 Å². The van der Waals surface area contributed by atoms with Gasteiger partial charge in [-0.1, -0.05) is 11.6 Å². The molecule has 0 aliphatic carbocycles. The summed E-state index contributed by atoms with van der Waals surface area (Å²) in [6, 6.07) is 3.39. The van der Waals surface area contributed by atoms with E-state index in [1.54, 1.807) is 12.1 Å². The third-order valence-electron chi connectivity index (χ3n) is 1.66. The summed E-state index contributed by atoms with van der Waals surface area (Å²) in [5.41, 5.74) is 7.16. The van der Waals surface area contributed by atoms with Crippen molar-refractivity contribution in [1.29, 1.82) is 0 Å². The molecule has 1 aromatic rings. The maximum absolute atomic E-state index is 10.2. The average molecular weight is 254 g/mol. The van der Waals surface area contributed by atoms with Crippen molar-refractivity contribution in [2.24, 2.45) is 0 Å². The molecule has 0 unspecified atom stereocenters. The summed E-state index contributed by atoms with van der Waals surface area (Å²) >= 11 is 6.92. The second-order valence-corrected chi connectivity index (χ2v) is 4.25. The summed E-state index contributed by atoms with van der Waals surface area (Å²) in [5.74, 6) is -1.24. The van der Waals surface area contributed by atoms with Crippen LogP contribution in [0.5, 0.6) is 0 Å². The first-order chi connectivity index (χ1) is 6.50. The van der Waals surface area contributed by atoms with Crippen LogP contribution < -0.4 is 40.4 Å². The summed E-state index contributed by atoms with van der Waals surface area (Å²) in [7, 11) is 0. The summed E-state index contributed by atoms with van der Waals surface area (Å²) < 4.78 is 0. The maximum atomic E-state index is 10.2. The van der Waals surface area contributed by atoms with Crippen LogP contribution in [0.25, 0.3) is 0 Å². The maximum Gasteiger partial charge on any atom is 1.00 e. The van der Waals surface area contributed by atoms with Gasteiger partial charge in [0.2, 0.25) is 0 Å². The van der Waals surface area contributed by atoms with Crippen molar-refractivity contribution in [2.45, 2.75) is 11.8 Å². The van der Waals surface area contributed by atoms with Gasteiger partial charge in [0, 0.05) is 21.4 Å². The second kappa shape index (κ2) is 6.66. The van der Waals surface area contributed by atoms with Gasteiger partial charge < -0.3 is 15.6 Å². The van der Waals surface area contributed by atoms with Gasteiger partial charge in [-0.25, -0.2) is 0 Å². The van der Waals surface area contributed by atoms with E-state index >= 15 is 0 Å². The molecule has 15 heavy (non-hydrogen) atoms. The van der Waals surface area contributed by atoms with Gasteiger partial charge in [0.25, 0.3) is 0 Å². The molecule has 1 aromatic carbocycles. The first-order valence-electron chi connectivity index (χ1n) is 3.89. The van der Waals surface area contributed by atoms with E-state index in [1.165, 1.54) is 0 Å². The fraction of sp³-hybridized carbons (Fsp3) is 0.222. The Morgan fingerprint density at radius 3 is 2.73 bits per heavy atom. The number of hydrogen-bond donors (Lipinski definition) is 1. The zero-order chi connectivity index (χ0) is 10.7. The molecule has 0 atom stereocenters. The monoisotopic (exact) mass is 253 g/mol. The number of halogens is 1. The average Bonchev–Trinajstić information content (AvgIpc) is 2.08. The second-order valence-electron chi connectivity index (χ2n) is 2.80. The number of rotatable bonds is 3. The van der Waals surface area contributed by atoms with Crippen LogP contribution in [0.2, 0.25) is 5.02 Å². The van der Waals surface area contributed by atoms with E-state index < -0.39 is 5.97 Å². The van der Waals surface area contributed by atoms with E-state index in [0.717, 1.165) is 17.3 Å². The number of nitrogens with two attached hydrogens (primary N) is 1. The number of nitrogen functional groups attached to an aromatic ring is 1. The minimum atomic E-state index is -1.12. The number of thioether (sulfide) groups is 1. The topological polar surface area (TPSA) is 66.1 Å². The van der Waals surface area contributed by atoms with Crippen LogP contribution in [-0.2, 0) is 4.79 Å². The predicted octanol–water partition coefficient (Wildman–Crippen LogP) is -1.92. The molecule has 0 heterocycles. The quantitative estimate of drug-likeness (QED) is 0.387. The van der Waals surface area contributed by atoms with Crippen molar-refractivity contribution in [3.8, 4) is 0 Å². The van der Waals surface area contributed by atoms with Gasteiger partial charge in [-0.15, -0.1) is 11.8 Å². The van der Waals surface area contributed by atoms with Crippen molar-refractivity contribution < 1.29 is 39.5 Å². The Hall–Kier alpha value is 0.130. The van der Waals surface area contributed by atoms with E-state index in [0.29, 0.717) is 15.6 Å². The molecule has 3 nitrogen and oxygen atoms in total. The van der Waals surface area contributed by atoms with Gasteiger partial charge in [-0.05, 0) is 24.6 Å². The molecule has 0 aliphatic rings. The van der Waals surface area contributed by atoms with E-state index in [2.05, 4.69) is 0 Å². The van der Waals surface area contributed by atoms with Crippen molar-refractivity contribution in [2.75, 3.05) is 11.5 Å². The zero-order valence-corrected chi connectivity index (χ0v) is 12.1. The Balaban J connectivity index is 0.00000196. The first-order valence-corrected chi connectivity index (χ1v) is 5.25. The van der Waals surface area contributed by atoms with Crippen LogP contribution >= 0.6 is 23.4 Å². The molecule has 0 spiro atoms. The Morgan fingerprint density at radius 2 is 2.20 bits per heavy atom. The molecule has 0 aromatic heterocycles. The molecule has 0 saturated carbocycles. The van der Waals surface area contributed by atoms with E-state index in [9.17, 15) is 9.90 Å². The third-order valence-corrected chi connectivity index (χ3v) is 2.91. The van der Waals surface area contributed by atoms with Crippen LogP contribution in [0.3, 0.4) is 0 Å². The molecule has 0 aliphatic heterocycles. The number of hydrogen-bond acceptors (Lipinski definition) is 4. The minimum absolute atomic E-state index is 0. The zero-order valence-electron chi connectivity index (χ0n) is 8.54. The molecule has 0 saturated heterocycles. The summed E-state index contributed by atoms with van der Waals surface area (Å²) in [5, 5.41) is 10.8. The number of carboxylic acids is 1. The van der Waals surface area contributed by atoms with Gasteiger partial charge in [-0.2, -0.15) is 0 Å². The van der Waals surface area contributed by atoms with Gasteiger partial charge in [0.1, 0.15) is 0 Å². The van der Waals surface area contributed by atoms with Crippen molar-refractivity contribution in [3.05, 3.63) is 22.7 Å². The Kier molecular flexibility index (Phi) is 6.71. The van der Waals surface area contributed by atoms with E-state index in [4.69, 9.17) is 17.3 Å². The fourth-order valence-electron chi connectivity index (χ4n) is 0.980. The Bertz CT molecular complexity index is 373. The molecule has 0 bridgehead atoms. The summed E-state index contributed by atoms with van der Waals surface area (Å²) in [4.78, 5) is 10.9. The molecule has 2 N–H and O–H groups in total. The molecule has 0 radical (unpaired) electrons. The number of benzene rings is 1. The van der Waals surface area contributed by atoms with E-state index in [1.807, 2.05) is 6.92 Å². The number of carbonyl (C=O) groups is 1. The molecule has 1 rings (SSSR count). The van der Waals surface area contributed by atoms with Crippen LogP contribution in [0.15, 0.2) is 17.0 Å². The minimum Gasteiger partial charge on any atom is -0.549 e. The van der Waals surface area contributed by atoms with Gasteiger partial charge in [0.15, 0.2) is 0 Å². The third kappa shape index (κ3) is 4.66. The molecule has 6 heteroatoms. The molecule has 76 valence electrons. The molecular weight excluding hydrogens is 245 g/mol. The smallest absolute Gasteiger partial charge is 0.549 e. The van der Waals surface area contributed by atoms with Gasteiger partial charge >= 0.3 is 29.6 Å². The Labute approximate surface area is 120 Å². The van der Waals surface area contributed by atoms with Gasteiger partial charge in [-0.3, -0.25) is 0 Å². The normalized spacial score (nSPS) is 9.47. The number of carboxylic acid groups (broad SMARTS) is 1. The largest absolute Gasteiger partial charge is 1.00 e. The van der Waals surface area contributed by atoms with E-state index in [-0.39, 0.29) is 35.3 Å². The number of anilines is 1. The van der Waals surface area contributed by atoms with Crippen molar-refractivity contribution in [1.82, 2.24) is 0 Å². The number of carbonyl (C=O) groups excluding carboxylic acids is 1. The van der Waals surface area contributed by atoms with Crippen molar-refractivity contribution >= 4 is 35.0 Å². The van der Waals surface area contributed by atoms with Gasteiger partial charge in [0.05, 0.1) is 5.97 Å². The summed E-state index contributed by atoms with van der Waals surface area (Å²) in [6.45, 7) is 1.82. The Morgan fingerprint density at radius 1 is 1.60 bits per heavy atom. The molecule has 0 fully saturated rings. The molecule has 0 amide bonds.